The zero-order chi connectivity index (χ0) is 14.4. The van der Waals surface area contributed by atoms with Gasteiger partial charge >= 0.3 is 0 Å². The van der Waals surface area contributed by atoms with E-state index in [1.54, 1.807) is 0 Å². The van der Waals surface area contributed by atoms with E-state index in [0.29, 0.717) is 5.92 Å². The topological polar surface area (TPSA) is 12.0 Å². The lowest BCUT2D eigenvalue weighted by molar-refractivity contribution is 0.647. The van der Waals surface area contributed by atoms with Crippen LogP contribution in [0, 0.1) is 5.92 Å². The third-order valence-corrected chi connectivity index (χ3v) is 3.49. The Hall–Kier alpha value is -1.60. The zero-order valence-corrected chi connectivity index (χ0v) is 12.8. The highest BCUT2D eigenvalue weighted by atomic mass is 14.8. The van der Waals surface area contributed by atoms with Crippen LogP contribution in [-0.4, -0.2) is 6.54 Å². The van der Waals surface area contributed by atoms with Crippen LogP contribution in [-0.2, 0) is 13.0 Å². The summed E-state index contributed by atoms with van der Waals surface area (Å²) in [5.74, 6) is 0.710. The standard InChI is InChI=1S/C19H25N/c1-4-20-14-18-7-5-6-8-19(18)17-11-9-16(10-12-17)13-15(2)3/h5-12,15,20H,4,13-14H2,1-3H3. The molecule has 0 spiro atoms. The SMILES string of the molecule is CCNCc1ccccc1-c1ccc(CC(C)C)cc1. The van der Waals surface area contributed by atoms with E-state index in [0.717, 1.165) is 19.5 Å². The Morgan fingerprint density at radius 1 is 0.950 bits per heavy atom. The van der Waals surface area contributed by atoms with Crippen LogP contribution in [0.2, 0.25) is 0 Å². The minimum Gasteiger partial charge on any atom is -0.313 e. The normalized spacial score (nSPS) is 11.0. The van der Waals surface area contributed by atoms with Gasteiger partial charge in [0.2, 0.25) is 0 Å². The first-order chi connectivity index (χ1) is 9.70. The average molecular weight is 267 g/mol. The van der Waals surface area contributed by atoms with Gasteiger partial charge in [0.15, 0.2) is 0 Å². The Morgan fingerprint density at radius 2 is 1.65 bits per heavy atom. The first-order valence-electron chi connectivity index (χ1n) is 7.58. The molecule has 1 heteroatoms. The van der Waals surface area contributed by atoms with Gasteiger partial charge in [-0.3, -0.25) is 0 Å². The maximum absolute atomic E-state index is 3.41. The highest BCUT2D eigenvalue weighted by Crippen LogP contribution is 2.24. The molecule has 0 aliphatic carbocycles. The Balaban J connectivity index is 2.22. The summed E-state index contributed by atoms with van der Waals surface area (Å²) in [6.45, 7) is 8.60. The van der Waals surface area contributed by atoms with E-state index in [1.807, 2.05) is 0 Å². The molecule has 2 aromatic rings. The van der Waals surface area contributed by atoms with Crippen molar-refractivity contribution in [3.8, 4) is 11.1 Å². The van der Waals surface area contributed by atoms with Crippen molar-refractivity contribution in [2.24, 2.45) is 5.92 Å². The van der Waals surface area contributed by atoms with Crippen molar-refractivity contribution in [2.75, 3.05) is 6.54 Å². The summed E-state index contributed by atoms with van der Waals surface area (Å²) in [6, 6.07) is 17.7. The molecule has 2 rings (SSSR count). The molecule has 0 aliphatic heterocycles. The van der Waals surface area contributed by atoms with Gasteiger partial charge in [-0.05, 0) is 41.1 Å². The third kappa shape index (κ3) is 3.94. The molecule has 0 radical (unpaired) electrons. The van der Waals surface area contributed by atoms with E-state index >= 15 is 0 Å². The molecule has 0 fully saturated rings. The molecule has 0 aromatic heterocycles. The molecular weight excluding hydrogens is 242 g/mol. The van der Waals surface area contributed by atoms with Gasteiger partial charge in [-0.15, -0.1) is 0 Å². The minimum atomic E-state index is 0.710. The van der Waals surface area contributed by atoms with Gasteiger partial charge < -0.3 is 5.32 Å². The van der Waals surface area contributed by atoms with E-state index in [1.165, 1.54) is 22.3 Å². The monoisotopic (exact) mass is 267 g/mol. The molecule has 0 unspecified atom stereocenters. The van der Waals surface area contributed by atoms with Gasteiger partial charge in [0.25, 0.3) is 0 Å². The van der Waals surface area contributed by atoms with Crippen molar-refractivity contribution in [3.05, 3.63) is 59.7 Å². The molecule has 20 heavy (non-hydrogen) atoms. The number of hydrogen-bond donors (Lipinski definition) is 1. The lowest BCUT2D eigenvalue weighted by Crippen LogP contribution is -2.12. The predicted molar refractivity (Wildman–Crippen MR) is 87.8 cm³/mol. The second kappa shape index (κ2) is 7.25. The van der Waals surface area contributed by atoms with E-state index in [-0.39, 0.29) is 0 Å². The molecule has 1 nitrogen and oxygen atoms in total. The number of nitrogens with one attached hydrogen (secondary N) is 1. The van der Waals surface area contributed by atoms with E-state index < -0.39 is 0 Å². The predicted octanol–water partition coefficient (Wildman–Crippen LogP) is 4.66. The largest absolute Gasteiger partial charge is 0.313 e. The van der Waals surface area contributed by atoms with Crippen LogP contribution < -0.4 is 5.32 Å². The van der Waals surface area contributed by atoms with Crippen molar-refractivity contribution in [1.29, 1.82) is 0 Å². The summed E-state index contributed by atoms with van der Waals surface area (Å²) in [5.41, 5.74) is 5.44. The molecule has 0 amide bonds. The van der Waals surface area contributed by atoms with Gasteiger partial charge in [-0.2, -0.15) is 0 Å². The van der Waals surface area contributed by atoms with Crippen molar-refractivity contribution >= 4 is 0 Å². The fourth-order valence-corrected chi connectivity index (χ4v) is 2.51. The van der Waals surface area contributed by atoms with E-state index in [4.69, 9.17) is 0 Å². The Morgan fingerprint density at radius 3 is 2.30 bits per heavy atom. The van der Waals surface area contributed by atoms with Gasteiger partial charge in [0.1, 0.15) is 0 Å². The minimum absolute atomic E-state index is 0.710. The maximum Gasteiger partial charge on any atom is 0.0211 e. The molecular formula is C19H25N. The fourth-order valence-electron chi connectivity index (χ4n) is 2.51. The second-order valence-electron chi connectivity index (χ2n) is 5.73. The van der Waals surface area contributed by atoms with Crippen LogP contribution in [0.15, 0.2) is 48.5 Å². The number of benzene rings is 2. The van der Waals surface area contributed by atoms with Gasteiger partial charge in [0.05, 0.1) is 0 Å². The molecule has 0 saturated heterocycles. The number of hydrogen-bond acceptors (Lipinski definition) is 1. The lowest BCUT2D eigenvalue weighted by Gasteiger charge is -2.11. The Kier molecular flexibility index (Phi) is 5.37. The van der Waals surface area contributed by atoms with Crippen molar-refractivity contribution in [1.82, 2.24) is 5.32 Å². The molecule has 0 heterocycles. The first-order valence-corrected chi connectivity index (χ1v) is 7.58. The molecule has 0 saturated carbocycles. The number of rotatable bonds is 6. The zero-order valence-electron chi connectivity index (χ0n) is 12.8. The van der Waals surface area contributed by atoms with Crippen LogP contribution in [0.5, 0.6) is 0 Å². The highest BCUT2D eigenvalue weighted by molar-refractivity contribution is 5.67. The maximum atomic E-state index is 3.41. The van der Waals surface area contributed by atoms with Crippen LogP contribution in [0.25, 0.3) is 11.1 Å². The summed E-state index contributed by atoms with van der Waals surface area (Å²) in [7, 11) is 0. The van der Waals surface area contributed by atoms with Crippen LogP contribution in [0.3, 0.4) is 0 Å². The summed E-state index contributed by atoms with van der Waals surface area (Å²) in [4.78, 5) is 0. The Bertz CT molecular complexity index is 526. The highest BCUT2D eigenvalue weighted by Gasteiger charge is 2.04. The summed E-state index contributed by atoms with van der Waals surface area (Å²) in [6.07, 6.45) is 1.15. The van der Waals surface area contributed by atoms with E-state index in [2.05, 4.69) is 74.6 Å². The van der Waals surface area contributed by atoms with Gasteiger partial charge in [-0.1, -0.05) is 69.3 Å². The summed E-state index contributed by atoms with van der Waals surface area (Å²) < 4.78 is 0. The van der Waals surface area contributed by atoms with Gasteiger partial charge in [-0.25, -0.2) is 0 Å². The van der Waals surface area contributed by atoms with Crippen LogP contribution in [0.4, 0.5) is 0 Å². The van der Waals surface area contributed by atoms with Crippen molar-refractivity contribution in [2.45, 2.75) is 33.7 Å². The van der Waals surface area contributed by atoms with Crippen LogP contribution >= 0.6 is 0 Å². The quantitative estimate of drug-likeness (QED) is 0.802. The van der Waals surface area contributed by atoms with Gasteiger partial charge in [0, 0.05) is 6.54 Å². The summed E-state index contributed by atoms with van der Waals surface area (Å²) in [5, 5.41) is 3.41. The molecule has 1 N–H and O–H groups in total. The van der Waals surface area contributed by atoms with Crippen molar-refractivity contribution in [3.63, 3.8) is 0 Å². The molecule has 0 aliphatic rings. The van der Waals surface area contributed by atoms with Crippen molar-refractivity contribution < 1.29 is 0 Å². The third-order valence-electron chi connectivity index (χ3n) is 3.49. The molecule has 106 valence electrons. The molecule has 0 bridgehead atoms. The Labute approximate surface area is 123 Å². The lowest BCUT2D eigenvalue weighted by atomic mass is 9.96. The first kappa shape index (κ1) is 14.8. The molecule has 2 aromatic carbocycles. The smallest absolute Gasteiger partial charge is 0.0211 e. The summed E-state index contributed by atoms with van der Waals surface area (Å²) >= 11 is 0. The van der Waals surface area contributed by atoms with Crippen LogP contribution in [0.1, 0.15) is 31.9 Å². The van der Waals surface area contributed by atoms with E-state index in [9.17, 15) is 0 Å². The average Bonchev–Trinajstić information content (AvgIpc) is 2.46. The fraction of sp³-hybridized carbons (Fsp3) is 0.368. The molecule has 0 atom stereocenters. The second-order valence-corrected chi connectivity index (χ2v) is 5.73.